The van der Waals surface area contributed by atoms with Crippen LogP contribution < -0.4 is 5.32 Å². The highest BCUT2D eigenvalue weighted by Crippen LogP contribution is 2.55. The minimum Gasteiger partial charge on any atom is -0.296 e. The number of piperidine rings is 1. The molecule has 0 unspecified atom stereocenters. The van der Waals surface area contributed by atoms with Crippen molar-refractivity contribution in [2.75, 3.05) is 6.26 Å². The van der Waals surface area contributed by atoms with Gasteiger partial charge in [-0.1, -0.05) is 0 Å². The molecule has 2 amide bonds. The molecule has 0 aromatic carbocycles. The predicted octanol–water partition coefficient (Wildman–Crippen LogP) is 0.935. The van der Waals surface area contributed by atoms with Crippen LogP contribution in [0.15, 0.2) is 0 Å². The molecule has 13 heavy (non-hydrogen) atoms. The van der Waals surface area contributed by atoms with E-state index in [4.69, 9.17) is 0 Å². The molecular formula is C9H13NO2S. The summed E-state index contributed by atoms with van der Waals surface area (Å²) in [4.78, 5) is 22.3. The second-order valence-corrected chi connectivity index (χ2v) is 5.07. The van der Waals surface area contributed by atoms with E-state index in [1.54, 1.807) is 0 Å². The molecule has 1 heterocycles. The van der Waals surface area contributed by atoms with Crippen molar-refractivity contribution in [3.05, 3.63) is 0 Å². The van der Waals surface area contributed by atoms with Crippen LogP contribution in [0.5, 0.6) is 0 Å². The van der Waals surface area contributed by atoms with Crippen molar-refractivity contribution in [1.29, 1.82) is 0 Å². The first kappa shape index (κ1) is 9.06. The van der Waals surface area contributed by atoms with E-state index < -0.39 is 0 Å². The van der Waals surface area contributed by atoms with Gasteiger partial charge in [0.25, 0.3) is 0 Å². The summed E-state index contributed by atoms with van der Waals surface area (Å²) in [6, 6.07) is 0. The Bertz CT molecular complexity index is 244. The van der Waals surface area contributed by atoms with Gasteiger partial charge in [-0.3, -0.25) is 14.9 Å². The SMILES string of the molecule is CSC1(C2CC(=O)NC(=O)C2)CC1. The van der Waals surface area contributed by atoms with E-state index in [9.17, 15) is 9.59 Å². The lowest BCUT2D eigenvalue weighted by molar-refractivity contribution is -0.134. The summed E-state index contributed by atoms with van der Waals surface area (Å²) in [6.07, 6.45) is 5.47. The van der Waals surface area contributed by atoms with Gasteiger partial charge in [0.05, 0.1) is 0 Å². The minimum atomic E-state index is -0.0958. The molecule has 0 bridgehead atoms. The Morgan fingerprint density at radius 3 is 2.23 bits per heavy atom. The van der Waals surface area contributed by atoms with Crippen molar-refractivity contribution in [2.45, 2.75) is 30.4 Å². The fourth-order valence-electron chi connectivity index (χ4n) is 2.05. The van der Waals surface area contributed by atoms with Crippen molar-refractivity contribution in [2.24, 2.45) is 5.92 Å². The molecule has 1 aliphatic carbocycles. The Hall–Kier alpha value is -0.510. The van der Waals surface area contributed by atoms with Crippen LogP contribution in [0.2, 0.25) is 0 Å². The van der Waals surface area contributed by atoms with E-state index in [1.165, 1.54) is 12.8 Å². The summed E-state index contributed by atoms with van der Waals surface area (Å²) < 4.78 is 0.257. The van der Waals surface area contributed by atoms with Gasteiger partial charge in [0.1, 0.15) is 0 Å². The Morgan fingerprint density at radius 2 is 1.85 bits per heavy atom. The van der Waals surface area contributed by atoms with Crippen LogP contribution in [0.25, 0.3) is 0 Å². The number of hydrogen-bond acceptors (Lipinski definition) is 3. The van der Waals surface area contributed by atoms with Crippen LogP contribution >= 0.6 is 11.8 Å². The Kier molecular flexibility index (Phi) is 2.10. The largest absolute Gasteiger partial charge is 0.296 e. The van der Waals surface area contributed by atoms with E-state index in [-0.39, 0.29) is 22.5 Å². The smallest absolute Gasteiger partial charge is 0.226 e. The maximum absolute atomic E-state index is 11.1. The van der Waals surface area contributed by atoms with Crippen LogP contribution in [-0.2, 0) is 9.59 Å². The van der Waals surface area contributed by atoms with E-state index in [0.717, 1.165) is 0 Å². The van der Waals surface area contributed by atoms with Gasteiger partial charge in [0.2, 0.25) is 11.8 Å². The van der Waals surface area contributed by atoms with Gasteiger partial charge in [0, 0.05) is 17.6 Å². The molecule has 1 saturated heterocycles. The number of rotatable bonds is 2. The lowest BCUT2D eigenvalue weighted by atomic mass is 9.91. The van der Waals surface area contributed by atoms with Crippen LogP contribution in [0, 0.1) is 5.92 Å². The first-order valence-electron chi connectivity index (χ1n) is 4.54. The third-order valence-corrected chi connectivity index (χ3v) is 4.59. The summed E-state index contributed by atoms with van der Waals surface area (Å²) in [5.74, 6) is 0.0897. The van der Waals surface area contributed by atoms with Crippen molar-refractivity contribution in [3.8, 4) is 0 Å². The van der Waals surface area contributed by atoms with Crippen molar-refractivity contribution in [1.82, 2.24) is 5.32 Å². The minimum absolute atomic E-state index is 0.0958. The van der Waals surface area contributed by atoms with E-state index in [0.29, 0.717) is 12.8 Å². The van der Waals surface area contributed by atoms with Crippen LogP contribution in [0.3, 0.4) is 0 Å². The fraction of sp³-hybridized carbons (Fsp3) is 0.778. The molecular weight excluding hydrogens is 186 g/mol. The summed E-state index contributed by atoms with van der Waals surface area (Å²) in [5, 5.41) is 2.35. The second-order valence-electron chi connectivity index (χ2n) is 3.85. The zero-order chi connectivity index (χ0) is 9.47. The maximum Gasteiger partial charge on any atom is 0.226 e. The molecule has 2 fully saturated rings. The van der Waals surface area contributed by atoms with Gasteiger partial charge in [-0.15, -0.1) is 0 Å². The highest BCUT2D eigenvalue weighted by molar-refractivity contribution is 8.00. The average molecular weight is 199 g/mol. The zero-order valence-electron chi connectivity index (χ0n) is 7.63. The summed E-state index contributed by atoms with van der Waals surface area (Å²) in [6.45, 7) is 0. The number of carbonyl (C=O) groups excluding carboxylic acids is 2. The topological polar surface area (TPSA) is 46.2 Å². The number of carbonyl (C=O) groups is 2. The first-order chi connectivity index (χ1) is 6.16. The summed E-state index contributed by atoms with van der Waals surface area (Å²) in [7, 11) is 0. The molecule has 72 valence electrons. The highest BCUT2D eigenvalue weighted by Gasteiger charge is 2.51. The Labute approximate surface area is 81.6 Å². The van der Waals surface area contributed by atoms with Gasteiger partial charge >= 0.3 is 0 Å². The monoisotopic (exact) mass is 199 g/mol. The normalized spacial score (nSPS) is 27.2. The lowest BCUT2D eigenvalue weighted by Crippen LogP contribution is -2.42. The lowest BCUT2D eigenvalue weighted by Gasteiger charge is -2.27. The van der Waals surface area contributed by atoms with E-state index in [1.807, 2.05) is 11.8 Å². The molecule has 1 saturated carbocycles. The average Bonchev–Trinajstić information content (AvgIpc) is 2.82. The third kappa shape index (κ3) is 1.59. The predicted molar refractivity (Wildman–Crippen MR) is 51.4 cm³/mol. The van der Waals surface area contributed by atoms with Crippen LogP contribution in [-0.4, -0.2) is 22.8 Å². The van der Waals surface area contributed by atoms with Gasteiger partial charge in [0.15, 0.2) is 0 Å². The third-order valence-electron chi connectivity index (χ3n) is 3.04. The number of thioether (sulfide) groups is 1. The maximum atomic E-state index is 11.1. The molecule has 1 N–H and O–H groups in total. The quantitative estimate of drug-likeness (QED) is 0.673. The molecule has 2 aliphatic rings. The van der Waals surface area contributed by atoms with E-state index >= 15 is 0 Å². The molecule has 1 aliphatic heterocycles. The number of imide groups is 1. The molecule has 0 atom stereocenters. The molecule has 0 spiro atoms. The van der Waals surface area contributed by atoms with Gasteiger partial charge in [-0.2, -0.15) is 11.8 Å². The van der Waals surface area contributed by atoms with Gasteiger partial charge in [-0.25, -0.2) is 0 Å². The van der Waals surface area contributed by atoms with Gasteiger partial charge < -0.3 is 0 Å². The second kappa shape index (κ2) is 3.01. The van der Waals surface area contributed by atoms with Gasteiger partial charge in [-0.05, 0) is 25.0 Å². The number of hydrogen-bond donors (Lipinski definition) is 1. The van der Waals surface area contributed by atoms with Crippen molar-refractivity contribution < 1.29 is 9.59 Å². The fourth-order valence-corrected chi connectivity index (χ4v) is 3.06. The number of amides is 2. The number of nitrogens with one attached hydrogen (secondary N) is 1. The molecule has 0 radical (unpaired) electrons. The summed E-state index contributed by atoms with van der Waals surface area (Å²) in [5.41, 5.74) is 0. The Morgan fingerprint density at radius 1 is 1.31 bits per heavy atom. The Balaban J connectivity index is 2.07. The van der Waals surface area contributed by atoms with Crippen molar-refractivity contribution in [3.63, 3.8) is 0 Å². The molecule has 0 aromatic heterocycles. The molecule has 3 nitrogen and oxygen atoms in total. The molecule has 2 rings (SSSR count). The van der Waals surface area contributed by atoms with Crippen LogP contribution in [0.1, 0.15) is 25.7 Å². The van der Waals surface area contributed by atoms with E-state index in [2.05, 4.69) is 11.6 Å². The van der Waals surface area contributed by atoms with Crippen molar-refractivity contribution >= 4 is 23.6 Å². The highest BCUT2D eigenvalue weighted by atomic mass is 32.2. The summed E-state index contributed by atoms with van der Waals surface area (Å²) >= 11 is 1.82. The van der Waals surface area contributed by atoms with Crippen LogP contribution in [0.4, 0.5) is 0 Å². The first-order valence-corrected chi connectivity index (χ1v) is 5.76. The standard InChI is InChI=1S/C9H13NO2S/c1-13-9(2-3-9)6-4-7(11)10-8(12)5-6/h6H,2-5H2,1H3,(H,10,11,12). The molecule has 4 heteroatoms. The zero-order valence-corrected chi connectivity index (χ0v) is 8.45. The molecule has 0 aromatic rings.